The van der Waals surface area contributed by atoms with Gasteiger partial charge in [0.2, 0.25) is 5.91 Å². The average Bonchev–Trinajstić information content (AvgIpc) is 2.49. The second-order valence-corrected chi connectivity index (χ2v) is 6.55. The zero-order valence-electron chi connectivity index (χ0n) is 12.8. The number of primary amides is 1. The standard InChI is InChI=1S/C16H21BrN2O3/c1-10-3-4-14(13(17)9-10)22-11(2)16(21)19-7-5-12(6-8-19)15(18)20/h3-4,9,11-12H,5-8H2,1-2H3,(H2,18,20). The Hall–Kier alpha value is -1.56. The number of amides is 2. The van der Waals surface area contributed by atoms with Crippen LogP contribution in [-0.2, 0) is 9.59 Å². The van der Waals surface area contributed by atoms with Crippen LogP contribution in [0.15, 0.2) is 22.7 Å². The second kappa shape index (κ2) is 7.13. The van der Waals surface area contributed by atoms with Crippen molar-refractivity contribution >= 4 is 27.7 Å². The van der Waals surface area contributed by atoms with E-state index in [1.54, 1.807) is 11.8 Å². The van der Waals surface area contributed by atoms with Crippen molar-refractivity contribution in [2.45, 2.75) is 32.8 Å². The minimum atomic E-state index is -0.566. The van der Waals surface area contributed by atoms with Crippen LogP contribution in [0.3, 0.4) is 0 Å². The fourth-order valence-corrected chi connectivity index (χ4v) is 3.17. The van der Waals surface area contributed by atoms with Gasteiger partial charge in [-0.15, -0.1) is 0 Å². The van der Waals surface area contributed by atoms with E-state index < -0.39 is 6.10 Å². The van der Waals surface area contributed by atoms with E-state index in [2.05, 4.69) is 15.9 Å². The van der Waals surface area contributed by atoms with Crippen LogP contribution in [0.2, 0.25) is 0 Å². The molecule has 120 valence electrons. The molecule has 22 heavy (non-hydrogen) atoms. The number of benzene rings is 1. The number of likely N-dealkylation sites (tertiary alicyclic amines) is 1. The van der Waals surface area contributed by atoms with Crippen molar-refractivity contribution in [2.75, 3.05) is 13.1 Å². The summed E-state index contributed by atoms with van der Waals surface area (Å²) in [5.41, 5.74) is 6.42. The lowest BCUT2D eigenvalue weighted by molar-refractivity contribution is -0.140. The van der Waals surface area contributed by atoms with E-state index >= 15 is 0 Å². The van der Waals surface area contributed by atoms with Gasteiger partial charge in [0.1, 0.15) is 5.75 Å². The highest BCUT2D eigenvalue weighted by molar-refractivity contribution is 9.10. The monoisotopic (exact) mass is 368 g/mol. The summed E-state index contributed by atoms with van der Waals surface area (Å²) in [7, 11) is 0. The van der Waals surface area contributed by atoms with Gasteiger partial charge in [-0.05, 0) is 60.3 Å². The molecule has 5 nitrogen and oxygen atoms in total. The summed E-state index contributed by atoms with van der Waals surface area (Å²) in [4.78, 5) is 25.3. The van der Waals surface area contributed by atoms with Gasteiger partial charge in [-0.2, -0.15) is 0 Å². The lowest BCUT2D eigenvalue weighted by Gasteiger charge is -2.32. The number of nitrogens with two attached hydrogens (primary N) is 1. The Balaban J connectivity index is 1.94. The number of hydrogen-bond donors (Lipinski definition) is 1. The minimum absolute atomic E-state index is 0.0598. The first-order valence-corrected chi connectivity index (χ1v) is 8.18. The molecule has 1 aromatic rings. The highest BCUT2D eigenvalue weighted by Gasteiger charge is 2.29. The Morgan fingerprint density at radius 3 is 2.55 bits per heavy atom. The molecule has 0 saturated carbocycles. The minimum Gasteiger partial charge on any atom is -0.480 e. The molecule has 1 aliphatic rings. The van der Waals surface area contributed by atoms with Crippen LogP contribution >= 0.6 is 15.9 Å². The van der Waals surface area contributed by atoms with Gasteiger partial charge in [-0.3, -0.25) is 9.59 Å². The Bertz CT molecular complexity index is 569. The quantitative estimate of drug-likeness (QED) is 0.885. The Morgan fingerprint density at radius 1 is 1.36 bits per heavy atom. The number of ether oxygens (including phenoxy) is 1. The summed E-state index contributed by atoms with van der Waals surface area (Å²) in [6, 6.07) is 5.74. The smallest absolute Gasteiger partial charge is 0.263 e. The molecule has 1 saturated heterocycles. The molecule has 0 bridgehead atoms. The molecule has 1 unspecified atom stereocenters. The van der Waals surface area contributed by atoms with Gasteiger partial charge in [0.15, 0.2) is 6.10 Å². The van der Waals surface area contributed by atoms with Gasteiger partial charge in [-0.1, -0.05) is 6.07 Å². The summed E-state index contributed by atoms with van der Waals surface area (Å²) in [5.74, 6) is 0.195. The van der Waals surface area contributed by atoms with Crippen LogP contribution in [0.5, 0.6) is 5.75 Å². The summed E-state index contributed by atoms with van der Waals surface area (Å²) < 4.78 is 6.59. The Morgan fingerprint density at radius 2 is 2.00 bits per heavy atom. The van der Waals surface area contributed by atoms with Gasteiger partial charge in [0, 0.05) is 19.0 Å². The summed E-state index contributed by atoms with van der Waals surface area (Å²) in [6.07, 6.45) is 0.688. The van der Waals surface area contributed by atoms with Crippen LogP contribution in [0, 0.1) is 12.8 Å². The first-order chi connectivity index (χ1) is 10.4. The number of carbonyl (C=O) groups excluding carboxylic acids is 2. The maximum Gasteiger partial charge on any atom is 0.263 e. The predicted molar refractivity (Wildman–Crippen MR) is 87.5 cm³/mol. The van der Waals surface area contributed by atoms with Crippen LogP contribution < -0.4 is 10.5 Å². The molecule has 0 aliphatic carbocycles. The first-order valence-electron chi connectivity index (χ1n) is 7.39. The lowest BCUT2D eigenvalue weighted by Crippen LogP contribution is -2.46. The van der Waals surface area contributed by atoms with E-state index in [0.717, 1.165) is 10.0 Å². The highest BCUT2D eigenvalue weighted by atomic mass is 79.9. The third-order valence-electron chi connectivity index (χ3n) is 3.95. The number of piperidine rings is 1. The van der Waals surface area contributed by atoms with E-state index in [9.17, 15) is 9.59 Å². The topological polar surface area (TPSA) is 72.6 Å². The van der Waals surface area contributed by atoms with E-state index in [0.29, 0.717) is 31.7 Å². The van der Waals surface area contributed by atoms with Crippen LogP contribution in [0.4, 0.5) is 0 Å². The normalized spacial score (nSPS) is 17.1. The molecular weight excluding hydrogens is 348 g/mol. The number of nitrogens with zero attached hydrogens (tertiary/aromatic N) is 1. The van der Waals surface area contributed by atoms with Gasteiger partial charge in [-0.25, -0.2) is 0 Å². The molecule has 0 aromatic heterocycles. The number of aryl methyl sites for hydroxylation is 1. The van der Waals surface area contributed by atoms with Crippen molar-refractivity contribution in [3.05, 3.63) is 28.2 Å². The van der Waals surface area contributed by atoms with Crippen molar-refractivity contribution in [3.8, 4) is 5.75 Å². The largest absolute Gasteiger partial charge is 0.480 e. The third kappa shape index (κ3) is 4.00. The summed E-state index contributed by atoms with van der Waals surface area (Å²) in [5, 5.41) is 0. The van der Waals surface area contributed by atoms with Crippen LogP contribution in [-0.4, -0.2) is 35.9 Å². The molecule has 0 spiro atoms. The zero-order chi connectivity index (χ0) is 16.3. The van der Waals surface area contributed by atoms with E-state index in [4.69, 9.17) is 10.5 Å². The molecule has 1 aliphatic heterocycles. The maximum absolute atomic E-state index is 12.4. The molecule has 0 radical (unpaired) electrons. The van der Waals surface area contributed by atoms with E-state index in [1.807, 2.05) is 25.1 Å². The molecule has 1 heterocycles. The zero-order valence-corrected chi connectivity index (χ0v) is 14.4. The Kier molecular flexibility index (Phi) is 5.45. The molecule has 2 rings (SSSR count). The van der Waals surface area contributed by atoms with Crippen molar-refractivity contribution in [3.63, 3.8) is 0 Å². The molecular formula is C16H21BrN2O3. The van der Waals surface area contributed by atoms with Crippen molar-refractivity contribution < 1.29 is 14.3 Å². The Labute approximate surface area is 138 Å². The van der Waals surface area contributed by atoms with Gasteiger partial charge < -0.3 is 15.4 Å². The van der Waals surface area contributed by atoms with Gasteiger partial charge >= 0.3 is 0 Å². The molecule has 2 amide bonds. The van der Waals surface area contributed by atoms with E-state index in [1.165, 1.54) is 0 Å². The number of hydrogen-bond acceptors (Lipinski definition) is 3. The molecule has 2 N–H and O–H groups in total. The fraction of sp³-hybridized carbons (Fsp3) is 0.500. The van der Waals surface area contributed by atoms with Crippen molar-refractivity contribution in [2.24, 2.45) is 11.7 Å². The third-order valence-corrected chi connectivity index (χ3v) is 4.57. The number of halogens is 1. The van der Waals surface area contributed by atoms with Gasteiger partial charge in [0.05, 0.1) is 4.47 Å². The molecule has 1 atom stereocenters. The highest BCUT2D eigenvalue weighted by Crippen LogP contribution is 2.27. The molecule has 1 aromatic carbocycles. The van der Waals surface area contributed by atoms with E-state index in [-0.39, 0.29) is 17.7 Å². The molecule has 6 heteroatoms. The van der Waals surface area contributed by atoms with Crippen molar-refractivity contribution in [1.82, 2.24) is 4.90 Å². The predicted octanol–water partition coefficient (Wildman–Crippen LogP) is 2.25. The number of carbonyl (C=O) groups is 2. The average molecular weight is 369 g/mol. The first kappa shape index (κ1) is 16.8. The fourth-order valence-electron chi connectivity index (χ4n) is 2.58. The number of rotatable bonds is 4. The lowest BCUT2D eigenvalue weighted by atomic mass is 9.96. The summed E-state index contributed by atoms with van der Waals surface area (Å²) >= 11 is 3.44. The van der Waals surface area contributed by atoms with Crippen LogP contribution in [0.1, 0.15) is 25.3 Å². The van der Waals surface area contributed by atoms with Crippen LogP contribution in [0.25, 0.3) is 0 Å². The molecule has 1 fully saturated rings. The second-order valence-electron chi connectivity index (χ2n) is 5.70. The van der Waals surface area contributed by atoms with Gasteiger partial charge in [0.25, 0.3) is 5.91 Å². The maximum atomic E-state index is 12.4. The summed E-state index contributed by atoms with van der Waals surface area (Å²) in [6.45, 7) is 4.84. The SMILES string of the molecule is Cc1ccc(OC(C)C(=O)N2CCC(C(N)=O)CC2)c(Br)c1. The van der Waals surface area contributed by atoms with Crippen molar-refractivity contribution in [1.29, 1.82) is 0 Å².